The van der Waals surface area contributed by atoms with E-state index in [9.17, 15) is 0 Å². The molecule has 0 amide bonds. The Kier molecular flexibility index (Phi) is 7.80. The normalized spacial score (nSPS) is 13.1. The Morgan fingerprint density at radius 1 is 0.529 bits per heavy atom. The smallest absolute Gasteiger partial charge is 0.0559 e. The lowest BCUT2D eigenvalue weighted by Crippen LogP contribution is -2.51. The van der Waals surface area contributed by atoms with Crippen LogP contribution in [0.3, 0.4) is 0 Å². The maximum absolute atomic E-state index is 5.66. The quantitative estimate of drug-likeness (QED) is 0.236. The van der Waals surface area contributed by atoms with Crippen LogP contribution in [0.2, 0.25) is 0 Å². The molecule has 0 spiro atoms. The molecule has 0 fully saturated rings. The van der Waals surface area contributed by atoms with Crippen molar-refractivity contribution in [1.29, 1.82) is 0 Å². The summed E-state index contributed by atoms with van der Waals surface area (Å²) in [6.45, 7) is 3.14. The van der Waals surface area contributed by atoms with Crippen molar-refractivity contribution in [2.75, 3.05) is 52.5 Å². The van der Waals surface area contributed by atoms with E-state index in [-0.39, 0.29) is 10.8 Å². The first-order valence-corrected chi connectivity index (χ1v) is 5.86. The van der Waals surface area contributed by atoms with Gasteiger partial charge in [-0.25, -0.2) is 0 Å². The van der Waals surface area contributed by atoms with Crippen LogP contribution >= 0.6 is 0 Å². The highest BCUT2D eigenvalue weighted by Gasteiger charge is 2.30. The Morgan fingerprint density at radius 3 is 0.941 bits per heavy atom. The van der Waals surface area contributed by atoms with Gasteiger partial charge in [0.2, 0.25) is 0 Å². The first-order chi connectivity index (χ1) is 8.07. The molecule has 0 aromatic carbocycles. The summed E-state index contributed by atoms with van der Waals surface area (Å²) >= 11 is 0. The zero-order chi connectivity index (χ0) is 13.4. The van der Waals surface area contributed by atoms with Crippen molar-refractivity contribution < 1.29 is 4.74 Å². The first kappa shape index (κ1) is 16.7. The zero-order valence-electron chi connectivity index (χ0n) is 10.5. The Morgan fingerprint density at radius 2 is 0.765 bits per heavy atom. The van der Waals surface area contributed by atoms with Crippen LogP contribution in [0.5, 0.6) is 0 Å². The van der Waals surface area contributed by atoms with Gasteiger partial charge in [0.05, 0.1) is 13.2 Å². The van der Waals surface area contributed by atoms with E-state index in [2.05, 4.69) is 0 Å². The van der Waals surface area contributed by atoms with Gasteiger partial charge in [-0.15, -0.1) is 0 Å². The van der Waals surface area contributed by atoms with Crippen LogP contribution in [0, 0.1) is 10.8 Å². The molecule has 0 unspecified atom stereocenters. The molecule has 0 saturated carbocycles. The summed E-state index contributed by atoms with van der Waals surface area (Å²) in [4.78, 5) is 0. The first-order valence-electron chi connectivity index (χ1n) is 5.86. The average Bonchev–Trinajstić information content (AvgIpc) is 2.41. The molecular weight excluding hydrogens is 220 g/mol. The third-order valence-corrected chi connectivity index (χ3v) is 3.41. The number of hydrogen-bond donors (Lipinski definition) is 6. The molecule has 12 N–H and O–H groups in total. The molecule has 0 radical (unpaired) electrons. The summed E-state index contributed by atoms with van der Waals surface area (Å²) in [7, 11) is 0. The molecule has 0 saturated heterocycles. The van der Waals surface area contributed by atoms with Gasteiger partial charge in [-0.05, 0) is 0 Å². The van der Waals surface area contributed by atoms with Crippen molar-refractivity contribution in [2.45, 2.75) is 0 Å². The van der Waals surface area contributed by atoms with Crippen LogP contribution in [0.15, 0.2) is 0 Å². The van der Waals surface area contributed by atoms with Gasteiger partial charge in [0.25, 0.3) is 0 Å². The molecule has 0 bridgehead atoms. The largest absolute Gasteiger partial charge is 0.380 e. The van der Waals surface area contributed by atoms with Crippen molar-refractivity contribution in [1.82, 2.24) is 0 Å². The van der Waals surface area contributed by atoms with Crippen LogP contribution in [-0.2, 0) is 4.74 Å². The Hall–Kier alpha value is -0.280. The van der Waals surface area contributed by atoms with Gasteiger partial charge in [-0.1, -0.05) is 0 Å². The van der Waals surface area contributed by atoms with Crippen LogP contribution in [0.4, 0.5) is 0 Å². The van der Waals surface area contributed by atoms with Crippen molar-refractivity contribution in [3.05, 3.63) is 0 Å². The van der Waals surface area contributed by atoms with E-state index in [1.165, 1.54) is 0 Å². The number of hydrogen-bond acceptors (Lipinski definition) is 7. The fraction of sp³-hybridized carbons (Fsp3) is 1.00. The van der Waals surface area contributed by atoms with Crippen molar-refractivity contribution >= 4 is 0 Å². The second kappa shape index (κ2) is 7.93. The fourth-order valence-electron chi connectivity index (χ4n) is 1.34. The van der Waals surface area contributed by atoms with Gasteiger partial charge >= 0.3 is 0 Å². The Labute approximate surface area is 103 Å². The van der Waals surface area contributed by atoms with Gasteiger partial charge in [-0.2, -0.15) is 0 Å². The van der Waals surface area contributed by atoms with Gasteiger partial charge in [-0.3, -0.25) is 0 Å². The van der Waals surface area contributed by atoms with Crippen LogP contribution < -0.4 is 34.4 Å². The zero-order valence-corrected chi connectivity index (χ0v) is 10.5. The lowest BCUT2D eigenvalue weighted by Gasteiger charge is -2.33. The van der Waals surface area contributed by atoms with E-state index in [1.807, 2.05) is 0 Å². The summed E-state index contributed by atoms with van der Waals surface area (Å²) in [6, 6.07) is 0. The van der Waals surface area contributed by atoms with Gasteiger partial charge in [0, 0.05) is 50.1 Å². The molecule has 0 rings (SSSR count). The van der Waals surface area contributed by atoms with E-state index < -0.39 is 0 Å². The summed E-state index contributed by atoms with van der Waals surface area (Å²) in [5.74, 6) is 0. The van der Waals surface area contributed by atoms with E-state index in [1.54, 1.807) is 0 Å². The second-order valence-electron chi connectivity index (χ2n) is 4.72. The minimum absolute atomic E-state index is 0.371. The van der Waals surface area contributed by atoms with Gasteiger partial charge < -0.3 is 39.1 Å². The highest BCUT2D eigenvalue weighted by Crippen LogP contribution is 2.16. The van der Waals surface area contributed by atoms with Crippen molar-refractivity contribution in [3.63, 3.8) is 0 Å². The summed E-state index contributed by atoms with van der Waals surface area (Å²) < 4.78 is 5.63. The Bertz CT molecular complexity index is 157. The third kappa shape index (κ3) is 4.47. The highest BCUT2D eigenvalue weighted by atomic mass is 16.5. The molecule has 0 aromatic heterocycles. The minimum atomic E-state index is -0.371. The average molecular weight is 248 g/mol. The van der Waals surface area contributed by atoms with E-state index in [0.717, 1.165) is 0 Å². The molecule has 7 heteroatoms. The molecule has 0 aliphatic carbocycles. The molecule has 17 heavy (non-hydrogen) atoms. The summed E-state index contributed by atoms with van der Waals surface area (Å²) in [5, 5.41) is 0. The fourth-order valence-corrected chi connectivity index (χ4v) is 1.34. The molecule has 0 aromatic rings. The lowest BCUT2D eigenvalue weighted by molar-refractivity contribution is 0.00806. The Balaban J connectivity index is 4.28. The predicted octanol–water partition coefficient (Wildman–Crippen LogP) is -3.27. The molecule has 0 heterocycles. The highest BCUT2D eigenvalue weighted by molar-refractivity contribution is 4.85. The SMILES string of the molecule is NCC(CN)(CN)COCC(CN)(CN)CN. The topological polar surface area (TPSA) is 165 Å². The van der Waals surface area contributed by atoms with Crippen LogP contribution in [0.1, 0.15) is 0 Å². The van der Waals surface area contributed by atoms with Crippen LogP contribution in [-0.4, -0.2) is 52.5 Å². The number of rotatable bonds is 10. The monoisotopic (exact) mass is 248 g/mol. The number of nitrogens with two attached hydrogens (primary N) is 6. The lowest BCUT2D eigenvalue weighted by atomic mass is 9.88. The van der Waals surface area contributed by atoms with Gasteiger partial charge in [0.15, 0.2) is 0 Å². The maximum Gasteiger partial charge on any atom is 0.0559 e. The van der Waals surface area contributed by atoms with E-state index >= 15 is 0 Å². The molecule has 104 valence electrons. The molecule has 0 aliphatic rings. The summed E-state index contributed by atoms with van der Waals surface area (Å²) in [6.07, 6.45) is 0. The molecule has 7 nitrogen and oxygen atoms in total. The van der Waals surface area contributed by atoms with Gasteiger partial charge in [0.1, 0.15) is 0 Å². The number of ether oxygens (including phenoxy) is 1. The molecule has 0 atom stereocenters. The maximum atomic E-state index is 5.66. The van der Waals surface area contributed by atoms with Crippen molar-refractivity contribution in [2.24, 2.45) is 45.2 Å². The predicted molar refractivity (Wildman–Crippen MR) is 70.0 cm³/mol. The van der Waals surface area contributed by atoms with Crippen molar-refractivity contribution in [3.8, 4) is 0 Å². The second-order valence-corrected chi connectivity index (χ2v) is 4.72. The molecular formula is C10H28N6O. The third-order valence-electron chi connectivity index (χ3n) is 3.41. The molecule has 0 aliphatic heterocycles. The van der Waals surface area contributed by atoms with E-state index in [0.29, 0.717) is 52.5 Å². The summed E-state index contributed by atoms with van der Waals surface area (Å²) in [5.41, 5.74) is 33.2. The van der Waals surface area contributed by atoms with Crippen LogP contribution in [0.25, 0.3) is 0 Å². The minimum Gasteiger partial charge on any atom is -0.380 e. The standard InChI is InChI=1S/C10H28N6O/c11-1-9(2-12,3-13)7-17-8-10(4-14,5-15)6-16/h1-8,11-16H2. The van der Waals surface area contributed by atoms with E-state index in [4.69, 9.17) is 39.1 Å².